The SMILES string of the molecule is CCC1(CCNC(=O)c2ccc(OCc3ccccc3)cc2)N=C2CC(OC)CC=C2CC2(C)CCC=C1C2. The molecule has 5 heteroatoms. The summed E-state index contributed by atoms with van der Waals surface area (Å²) in [6, 6.07) is 17.5. The number of ether oxygens (including phenoxy) is 2. The second-order valence-corrected chi connectivity index (χ2v) is 11.7. The predicted octanol–water partition coefficient (Wildman–Crippen LogP) is 7.23. The standard InChI is InChI=1S/C34H42N2O3/c1-4-34(28-11-8-18-33(2,23-28)22-27-14-17-30(38-3)21-31(27)36-34)19-20-35-32(37)26-12-15-29(16-13-26)39-24-25-9-6-5-7-10-25/h5-7,9-16,30H,4,8,17-24H2,1-3H3,(H,35,37). The van der Waals surface area contributed by atoms with Gasteiger partial charge in [-0.1, -0.05) is 56.3 Å². The van der Waals surface area contributed by atoms with Gasteiger partial charge >= 0.3 is 0 Å². The van der Waals surface area contributed by atoms with Crippen LogP contribution in [-0.4, -0.2) is 36.9 Å². The Balaban J connectivity index is 1.27. The first-order chi connectivity index (χ1) is 18.9. The monoisotopic (exact) mass is 526 g/mol. The number of benzene rings is 2. The molecular formula is C34H42N2O3. The van der Waals surface area contributed by atoms with Crippen LogP contribution >= 0.6 is 0 Å². The Morgan fingerprint density at radius 2 is 1.87 bits per heavy atom. The first-order valence-corrected chi connectivity index (χ1v) is 14.5. The molecule has 0 radical (unpaired) electrons. The lowest BCUT2D eigenvalue weighted by molar-refractivity contribution is 0.0950. The molecule has 2 bridgehead atoms. The van der Waals surface area contributed by atoms with Crippen molar-refractivity contribution in [3.8, 4) is 5.75 Å². The molecule has 2 aliphatic carbocycles. The van der Waals surface area contributed by atoms with Gasteiger partial charge in [-0.2, -0.15) is 0 Å². The van der Waals surface area contributed by atoms with E-state index < -0.39 is 0 Å². The van der Waals surface area contributed by atoms with E-state index in [4.69, 9.17) is 14.5 Å². The Hall–Kier alpha value is -3.18. The van der Waals surface area contributed by atoms with Crippen LogP contribution < -0.4 is 10.1 Å². The number of nitrogens with one attached hydrogen (secondary N) is 1. The molecule has 0 aromatic heterocycles. The first-order valence-electron chi connectivity index (χ1n) is 14.5. The molecule has 2 aromatic rings. The highest BCUT2D eigenvalue weighted by atomic mass is 16.5. The van der Waals surface area contributed by atoms with Crippen LogP contribution in [0.3, 0.4) is 0 Å². The predicted molar refractivity (Wildman–Crippen MR) is 157 cm³/mol. The molecule has 3 atom stereocenters. The molecule has 1 amide bonds. The van der Waals surface area contributed by atoms with Gasteiger partial charge in [0.2, 0.25) is 0 Å². The summed E-state index contributed by atoms with van der Waals surface area (Å²) in [7, 11) is 1.80. The molecule has 0 fully saturated rings. The van der Waals surface area contributed by atoms with Crippen molar-refractivity contribution in [1.82, 2.24) is 5.32 Å². The van der Waals surface area contributed by atoms with Crippen LogP contribution in [0.2, 0.25) is 0 Å². The van der Waals surface area contributed by atoms with Crippen molar-refractivity contribution < 1.29 is 14.3 Å². The third kappa shape index (κ3) is 6.36. The molecule has 3 aliphatic rings. The average molecular weight is 527 g/mol. The van der Waals surface area contributed by atoms with Crippen LogP contribution in [0.15, 0.2) is 82.9 Å². The fraction of sp³-hybridized carbons (Fsp3) is 0.471. The average Bonchev–Trinajstić information content (AvgIpc) is 2.96. The highest BCUT2D eigenvalue weighted by molar-refractivity contribution is 6.02. The van der Waals surface area contributed by atoms with E-state index in [0.717, 1.165) is 56.3 Å². The third-order valence-electron chi connectivity index (χ3n) is 8.85. The van der Waals surface area contributed by atoms with Gasteiger partial charge in [-0.3, -0.25) is 9.79 Å². The molecule has 3 unspecified atom stereocenters. The lowest BCUT2D eigenvalue weighted by atomic mass is 9.64. The van der Waals surface area contributed by atoms with Gasteiger partial charge in [-0.05, 0) is 91.3 Å². The molecule has 1 N–H and O–H groups in total. The van der Waals surface area contributed by atoms with Crippen molar-refractivity contribution in [3.05, 3.63) is 89.0 Å². The van der Waals surface area contributed by atoms with Gasteiger partial charge < -0.3 is 14.8 Å². The Kier molecular flexibility index (Phi) is 8.37. The summed E-state index contributed by atoms with van der Waals surface area (Å²) in [5.74, 6) is 0.693. The van der Waals surface area contributed by atoms with Gasteiger partial charge in [-0.25, -0.2) is 0 Å². The fourth-order valence-corrected chi connectivity index (χ4v) is 6.43. The Labute approximate surface area is 233 Å². The van der Waals surface area contributed by atoms with E-state index in [1.165, 1.54) is 23.3 Å². The van der Waals surface area contributed by atoms with Crippen LogP contribution in [0.1, 0.15) is 81.1 Å². The summed E-state index contributed by atoms with van der Waals surface area (Å²) in [6.07, 6.45) is 13.1. The summed E-state index contributed by atoms with van der Waals surface area (Å²) in [6.45, 7) is 5.78. The molecule has 206 valence electrons. The quantitative estimate of drug-likeness (QED) is 0.351. The summed E-state index contributed by atoms with van der Waals surface area (Å²) in [5, 5.41) is 3.18. The Morgan fingerprint density at radius 3 is 2.62 bits per heavy atom. The molecule has 5 nitrogen and oxygen atoms in total. The molecule has 1 heterocycles. The van der Waals surface area contributed by atoms with E-state index in [1.807, 2.05) is 54.6 Å². The van der Waals surface area contributed by atoms with Crippen molar-refractivity contribution in [2.24, 2.45) is 10.4 Å². The number of nitrogens with zero attached hydrogens (tertiary/aromatic N) is 1. The molecule has 5 rings (SSSR count). The molecule has 0 saturated carbocycles. The smallest absolute Gasteiger partial charge is 0.251 e. The summed E-state index contributed by atoms with van der Waals surface area (Å²) in [4.78, 5) is 18.6. The number of hydrogen-bond acceptors (Lipinski definition) is 4. The van der Waals surface area contributed by atoms with Gasteiger partial charge in [0.25, 0.3) is 5.91 Å². The zero-order valence-electron chi connectivity index (χ0n) is 23.7. The summed E-state index contributed by atoms with van der Waals surface area (Å²) in [5.41, 5.74) is 5.83. The van der Waals surface area contributed by atoms with Crippen LogP contribution in [-0.2, 0) is 11.3 Å². The lowest BCUT2D eigenvalue weighted by Crippen LogP contribution is -2.41. The number of fused-ring (bicyclic) bond motifs is 3. The van der Waals surface area contributed by atoms with Crippen molar-refractivity contribution in [2.75, 3.05) is 13.7 Å². The maximum absolute atomic E-state index is 13.0. The summed E-state index contributed by atoms with van der Waals surface area (Å²) < 4.78 is 11.6. The van der Waals surface area contributed by atoms with Crippen LogP contribution in [0, 0.1) is 5.41 Å². The lowest BCUT2D eigenvalue weighted by Gasteiger charge is -2.45. The van der Waals surface area contributed by atoms with Crippen LogP contribution in [0.4, 0.5) is 0 Å². The molecule has 0 saturated heterocycles. The zero-order chi connectivity index (χ0) is 27.3. The number of methoxy groups -OCH3 is 1. The van der Waals surface area contributed by atoms with Crippen molar-refractivity contribution in [1.29, 1.82) is 0 Å². The molecule has 2 aromatic carbocycles. The summed E-state index contributed by atoms with van der Waals surface area (Å²) >= 11 is 0. The van der Waals surface area contributed by atoms with Gasteiger partial charge in [0.1, 0.15) is 12.4 Å². The highest BCUT2D eigenvalue weighted by Gasteiger charge is 2.42. The Bertz CT molecular complexity index is 1250. The van der Waals surface area contributed by atoms with E-state index in [9.17, 15) is 4.79 Å². The number of allylic oxidation sites excluding steroid dienone is 2. The largest absolute Gasteiger partial charge is 0.489 e. The molecule has 39 heavy (non-hydrogen) atoms. The number of carbonyl (C=O) groups is 1. The normalized spacial score (nSPS) is 26.2. The van der Waals surface area contributed by atoms with Crippen molar-refractivity contribution >= 4 is 11.6 Å². The molecular weight excluding hydrogens is 484 g/mol. The second-order valence-electron chi connectivity index (χ2n) is 11.7. The topological polar surface area (TPSA) is 59.9 Å². The minimum Gasteiger partial charge on any atom is -0.489 e. The number of aliphatic imine (C=N–C) groups is 1. The first kappa shape index (κ1) is 27.4. The maximum atomic E-state index is 13.0. The number of hydrogen-bond donors (Lipinski definition) is 1. The highest BCUT2D eigenvalue weighted by Crippen LogP contribution is 2.49. The number of amides is 1. The van der Waals surface area contributed by atoms with E-state index in [2.05, 4.69) is 31.3 Å². The van der Waals surface area contributed by atoms with Gasteiger partial charge in [0, 0.05) is 31.4 Å². The van der Waals surface area contributed by atoms with Crippen LogP contribution in [0.5, 0.6) is 5.75 Å². The second kappa shape index (κ2) is 11.9. The van der Waals surface area contributed by atoms with E-state index >= 15 is 0 Å². The fourth-order valence-electron chi connectivity index (χ4n) is 6.43. The van der Waals surface area contributed by atoms with E-state index in [0.29, 0.717) is 18.7 Å². The minimum atomic E-state index is -0.283. The Morgan fingerprint density at radius 1 is 1.08 bits per heavy atom. The number of rotatable bonds is 9. The molecule has 0 spiro atoms. The minimum absolute atomic E-state index is 0.0606. The van der Waals surface area contributed by atoms with Gasteiger partial charge in [-0.15, -0.1) is 0 Å². The van der Waals surface area contributed by atoms with Crippen molar-refractivity contribution in [2.45, 2.75) is 83.5 Å². The number of carbonyl (C=O) groups excluding carboxylic acids is 1. The van der Waals surface area contributed by atoms with Gasteiger partial charge in [0.05, 0.1) is 11.6 Å². The van der Waals surface area contributed by atoms with E-state index in [1.54, 1.807) is 7.11 Å². The molecule has 1 aliphatic heterocycles. The van der Waals surface area contributed by atoms with E-state index in [-0.39, 0.29) is 23.0 Å². The third-order valence-corrected chi connectivity index (χ3v) is 8.85. The maximum Gasteiger partial charge on any atom is 0.251 e. The van der Waals surface area contributed by atoms with Crippen molar-refractivity contribution in [3.63, 3.8) is 0 Å². The van der Waals surface area contributed by atoms with Gasteiger partial charge in [0.15, 0.2) is 0 Å². The van der Waals surface area contributed by atoms with Crippen LogP contribution in [0.25, 0.3) is 0 Å². The zero-order valence-corrected chi connectivity index (χ0v) is 23.7.